The molecule has 3 nitrogen and oxygen atoms in total. The van der Waals surface area contributed by atoms with Crippen LogP contribution in [0.3, 0.4) is 0 Å². The third kappa shape index (κ3) is 2.35. The van der Waals surface area contributed by atoms with Crippen molar-refractivity contribution in [2.75, 3.05) is 7.11 Å². The minimum absolute atomic E-state index is 0.175. The standard InChI is InChI=1S/C15H14O3/c1-10-4-3-5-11(8-10)12-6-7-13(15(16)17)14(9-12)18-2/h3-9H,1-2H3,(H,16,17). The highest BCUT2D eigenvalue weighted by Gasteiger charge is 2.11. The number of carbonyl (C=O) groups is 1. The van der Waals surface area contributed by atoms with Crippen LogP contribution < -0.4 is 4.74 Å². The quantitative estimate of drug-likeness (QED) is 0.897. The number of rotatable bonds is 3. The molecule has 0 spiro atoms. The Balaban J connectivity index is 2.51. The average Bonchev–Trinajstić information content (AvgIpc) is 2.37. The minimum Gasteiger partial charge on any atom is -0.496 e. The highest BCUT2D eigenvalue weighted by molar-refractivity contribution is 5.92. The van der Waals surface area contributed by atoms with Gasteiger partial charge < -0.3 is 9.84 Å². The van der Waals surface area contributed by atoms with Gasteiger partial charge in [0.15, 0.2) is 0 Å². The Morgan fingerprint density at radius 3 is 2.44 bits per heavy atom. The molecule has 0 aliphatic carbocycles. The van der Waals surface area contributed by atoms with E-state index < -0.39 is 5.97 Å². The predicted octanol–water partition coefficient (Wildman–Crippen LogP) is 3.37. The van der Waals surface area contributed by atoms with E-state index in [1.165, 1.54) is 7.11 Å². The summed E-state index contributed by atoms with van der Waals surface area (Å²) in [5.41, 5.74) is 3.33. The van der Waals surface area contributed by atoms with Crippen LogP contribution in [0.4, 0.5) is 0 Å². The van der Waals surface area contributed by atoms with Crippen LogP contribution >= 0.6 is 0 Å². The van der Waals surface area contributed by atoms with Gasteiger partial charge in [-0.1, -0.05) is 35.9 Å². The fraction of sp³-hybridized carbons (Fsp3) is 0.133. The average molecular weight is 242 g/mol. The van der Waals surface area contributed by atoms with Crippen molar-refractivity contribution < 1.29 is 14.6 Å². The fourth-order valence-corrected chi connectivity index (χ4v) is 1.87. The van der Waals surface area contributed by atoms with Crippen molar-refractivity contribution in [2.45, 2.75) is 6.92 Å². The SMILES string of the molecule is COc1cc(-c2cccc(C)c2)ccc1C(=O)O. The molecule has 0 radical (unpaired) electrons. The first kappa shape index (κ1) is 12.2. The molecule has 92 valence electrons. The Hall–Kier alpha value is -2.29. The molecule has 0 saturated carbocycles. The van der Waals surface area contributed by atoms with Crippen LogP contribution in [-0.4, -0.2) is 18.2 Å². The van der Waals surface area contributed by atoms with E-state index in [2.05, 4.69) is 6.07 Å². The van der Waals surface area contributed by atoms with Crippen molar-refractivity contribution in [1.82, 2.24) is 0 Å². The number of hydrogen-bond acceptors (Lipinski definition) is 2. The molecule has 0 aromatic heterocycles. The number of hydrogen-bond donors (Lipinski definition) is 1. The van der Waals surface area contributed by atoms with Gasteiger partial charge in [-0.15, -0.1) is 0 Å². The topological polar surface area (TPSA) is 46.5 Å². The highest BCUT2D eigenvalue weighted by Crippen LogP contribution is 2.27. The second-order valence-electron chi connectivity index (χ2n) is 4.09. The molecule has 2 aromatic carbocycles. The maximum absolute atomic E-state index is 11.0. The van der Waals surface area contributed by atoms with Gasteiger partial charge in [0, 0.05) is 0 Å². The summed E-state index contributed by atoms with van der Waals surface area (Å²) in [5.74, 6) is -0.607. The van der Waals surface area contributed by atoms with Gasteiger partial charge in [-0.3, -0.25) is 0 Å². The minimum atomic E-state index is -0.984. The molecule has 2 rings (SSSR count). The zero-order valence-electron chi connectivity index (χ0n) is 10.3. The Labute approximate surface area is 106 Å². The molecule has 0 amide bonds. The van der Waals surface area contributed by atoms with Gasteiger partial charge in [0.2, 0.25) is 0 Å². The van der Waals surface area contributed by atoms with Crippen molar-refractivity contribution >= 4 is 5.97 Å². The number of aryl methyl sites for hydroxylation is 1. The van der Waals surface area contributed by atoms with Crippen LogP contribution in [0.5, 0.6) is 5.75 Å². The Morgan fingerprint density at radius 1 is 1.11 bits per heavy atom. The van der Waals surface area contributed by atoms with E-state index in [1.807, 2.05) is 25.1 Å². The molecule has 0 aliphatic rings. The Morgan fingerprint density at radius 2 is 1.83 bits per heavy atom. The summed E-state index contributed by atoms with van der Waals surface area (Å²) in [6, 6.07) is 13.1. The van der Waals surface area contributed by atoms with Gasteiger partial charge in [0.1, 0.15) is 11.3 Å². The molecule has 18 heavy (non-hydrogen) atoms. The van der Waals surface area contributed by atoms with E-state index in [0.717, 1.165) is 16.7 Å². The van der Waals surface area contributed by atoms with E-state index in [9.17, 15) is 4.79 Å². The molecule has 1 N–H and O–H groups in total. The van der Waals surface area contributed by atoms with Crippen molar-refractivity contribution in [3.05, 3.63) is 53.6 Å². The number of carboxylic acids is 1. The maximum atomic E-state index is 11.0. The first-order chi connectivity index (χ1) is 8.61. The third-order valence-corrected chi connectivity index (χ3v) is 2.78. The lowest BCUT2D eigenvalue weighted by molar-refractivity contribution is 0.0693. The summed E-state index contributed by atoms with van der Waals surface area (Å²) in [5, 5.41) is 9.02. The van der Waals surface area contributed by atoms with Gasteiger partial charge in [0.05, 0.1) is 7.11 Å². The lowest BCUT2D eigenvalue weighted by Gasteiger charge is -2.08. The van der Waals surface area contributed by atoms with Gasteiger partial charge in [0.25, 0.3) is 0 Å². The van der Waals surface area contributed by atoms with Gasteiger partial charge in [-0.2, -0.15) is 0 Å². The Kier molecular flexibility index (Phi) is 3.33. The van der Waals surface area contributed by atoms with Crippen molar-refractivity contribution in [3.63, 3.8) is 0 Å². The van der Waals surface area contributed by atoms with Gasteiger partial charge in [-0.05, 0) is 30.2 Å². The first-order valence-electron chi connectivity index (χ1n) is 5.60. The maximum Gasteiger partial charge on any atom is 0.339 e. The summed E-state index contributed by atoms with van der Waals surface area (Å²) in [6.07, 6.45) is 0. The summed E-state index contributed by atoms with van der Waals surface area (Å²) in [4.78, 5) is 11.0. The fourth-order valence-electron chi connectivity index (χ4n) is 1.87. The van der Waals surface area contributed by atoms with Crippen LogP contribution in [-0.2, 0) is 0 Å². The van der Waals surface area contributed by atoms with Gasteiger partial charge >= 0.3 is 5.97 Å². The third-order valence-electron chi connectivity index (χ3n) is 2.78. The van der Waals surface area contributed by atoms with Crippen molar-refractivity contribution in [3.8, 4) is 16.9 Å². The molecule has 3 heteroatoms. The van der Waals surface area contributed by atoms with E-state index in [0.29, 0.717) is 5.75 Å². The lowest BCUT2D eigenvalue weighted by Crippen LogP contribution is -2.00. The van der Waals surface area contributed by atoms with Crippen LogP contribution in [0.1, 0.15) is 15.9 Å². The monoisotopic (exact) mass is 242 g/mol. The molecule has 0 atom stereocenters. The second kappa shape index (κ2) is 4.92. The lowest BCUT2D eigenvalue weighted by atomic mass is 10.0. The number of methoxy groups -OCH3 is 1. The molecule has 2 aromatic rings. The number of carboxylic acid groups (broad SMARTS) is 1. The second-order valence-corrected chi connectivity index (χ2v) is 4.09. The number of aromatic carboxylic acids is 1. The zero-order valence-corrected chi connectivity index (χ0v) is 10.3. The van der Waals surface area contributed by atoms with Gasteiger partial charge in [-0.25, -0.2) is 4.79 Å². The normalized spacial score (nSPS) is 10.1. The van der Waals surface area contributed by atoms with Crippen molar-refractivity contribution in [1.29, 1.82) is 0 Å². The van der Waals surface area contributed by atoms with Crippen LogP contribution in [0.15, 0.2) is 42.5 Å². The van der Waals surface area contributed by atoms with E-state index >= 15 is 0 Å². The largest absolute Gasteiger partial charge is 0.496 e. The smallest absolute Gasteiger partial charge is 0.339 e. The molecule has 0 bridgehead atoms. The Bertz CT molecular complexity index is 588. The van der Waals surface area contributed by atoms with Crippen LogP contribution in [0, 0.1) is 6.92 Å². The van der Waals surface area contributed by atoms with E-state index in [4.69, 9.17) is 9.84 Å². The molecule has 0 aliphatic heterocycles. The number of ether oxygens (including phenoxy) is 1. The number of benzene rings is 2. The summed E-state index contributed by atoms with van der Waals surface area (Å²) in [6.45, 7) is 2.02. The summed E-state index contributed by atoms with van der Waals surface area (Å²) in [7, 11) is 1.47. The van der Waals surface area contributed by atoms with E-state index in [1.54, 1.807) is 18.2 Å². The van der Waals surface area contributed by atoms with Crippen LogP contribution in [0.2, 0.25) is 0 Å². The highest BCUT2D eigenvalue weighted by atomic mass is 16.5. The van der Waals surface area contributed by atoms with Crippen molar-refractivity contribution in [2.24, 2.45) is 0 Å². The summed E-state index contributed by atoms with van der Waals surface area (Å²) < 4.78 is 5.12. The summed E-state index contributed by atoms with van der Waals surface area (Å²) >= 11 is 0. The molecule has 0 heterocycles. The first-order valence-corrected chi connectivity index (χ1v) is 5.60. The zero-order chi connectivity index (χ0) is 13.1. The molecule has 0 unspecified atom stereocenters. The van der Waals surface area contributed by atoms with E-state index in [-0.39, 0.29) is 5.56 Å². The van der Waals surface area contributed by atoms with Crippen LogP contribution in [0.25, 0.3) is 11.1 Å². The molecule has 0 fully saturated rings. The molecule has 0 saturated heterocycles. The molecular formula is C15H14O3. The predicted molar refractivity (Wildman–Crippen MR) is 70.1 cm³/mol. The molecular weight excluding hydrogens is 228 g/mol.